The summed E-state index contributed by atoms with van der Waals surface area (Å²) in [6.07, 6.45) is 0. The van der Waals surface area contributed by atoms with Gasteiger partial charge in [0.15, 0.2) is 0 Å². The molecule has 1 aromatic carbocycles. The van der Waals surface area contributed by atoms with Crippen LogP contribution in [0.1, 0.15) is 30.2 Å². The van der Waals surface area contributed by atoms with Crippen molar-refractivity contribution in [1.82, 2.24) is 0 Å². The van der Waals surface area contributed by atoms with Crippen molar-refractivity contribution in [1.29, 1.82) is 5.41 Å². The van der Waals surface area contributed by atoms with Crippen LogP contribution in [-0.2, 0) is 0 Å². The summed E-state index contributed by atoms with van der Waals surface area (Å²) in [4.78, 5) is 0.853. The third kappa shape index (κ3) is 2.36. The van der Waals surface area contributed by atoms with Gasteiger partial charge in [-0.3, -0.25) is 5.41 Å². The third-order valence-corrected chi connectivity index (χ3v) is 3.62. The molecule has 0 aliphatic rings. The van der Waals surface area contributed by atoms with E-state index in [9.17, 15) is 0 Å². The van der Waals surface area contributed by atoms with Gasteiger partial charge in [-0.15, -0.1) is 23.7 Å². The summed E-state index contributed by atoms with van der Waals surface area (Å²) in [6.45, 7) is 4.36. The van der Waals surface area contributed by atoms with E-state index >= 15 is 0 Å². The molecule has 1 heterocycles. The molecule has 0 amide bonds. The van der Waals surface area contributed by atoms with Crippen LogP contribution in [0.2, 0.25) is 0 Å². The highest BCUT2D eigenvalue weighted by Crippen LogP contribution is 2.28. The molecule has 0 fully saturated rings. The number of fused-ring (bicyclic) bond motifs is 1. The fourth-order valence-corrected chi connectivity index (χ4v) is 2.46. The maximum atomic E-state index is 7.39. The fourth-order valence-electron chi connectivity index (χ4n) is 1.55. The summed E-state index contributed by atoms with van der Waals surface area (Å²) < 4.78 is 1.20. The van der Waals surface area contributed by atoms with E-state index in [2.05, 4.69) is 32.0 Å². The van der Waals surface area contributed by atoms with Crippen LogP contribution < -0.4 is 5.73 Å². The minimum atomic E-state index is 0. The molecule has 0 radical (unpaired) electrons. The molecule has 0 spiro atoms. The minimum Gasteiger partial charge on any atom is -0.383 e. The van der Waals surface area contributed by atoms with E-state index < -0.39 is 0 Å². The van der Waals surface area contributed by atoms with Gasteiger partial charge in [0.1, 0.15) is 5.84 Å². The molecule has 2 aromatic rings. The second-order valence-electron chi connectivity index (χ2n) is 3.98. The average molecular weight is 255 g/mol. The molecule has 2 nitrogen and oxygen atoms in total. The van der Waals surface area contributed by atoms with Crippen LogP contribution in [0.4, 0.5) is 0 Å². The van der Waals surface area contributed by atoms with Gasteiger partial charge in [-0.05, 0) is 29.0 Å². The van der Waals surface area contributed by atoms with Crippen LogP contribution in [0.15, 0.2) is 24.3 Å². The van der Waals surface area contributed by atoms with Gasteiger partial charge < -0.3 is 5.73 Å². The number of amidine groups is 1. The van der Waals surface area contributed by atoms with Gasteiger partial charge in [0.2, 0.25) is 0 Å². The molecule has 4 heteroatoms. The van der Waals surface area contributed by atoms with Crippen LogP contribution in [0.25, 0.3) is 10.1 Å². The molecule has 2 rings (SSSR count). The highest BCUT2D eigenvalue weighted by atomic mass is 35.5. The van der Waals surface area contributed by atoms with E-state index in [1.165, 1.54) is 15.6 Å². The summed E-state index contributed by atoms with van der Waals surface area (Å²) in [5.74, 6) is 0.692. The van der Waals surface area contributed by atoms with E-state index in [0.29, 0.717) is 5.92 Å². The Morgan fingerprint density at radius 1 is 1.31 bits per heavy atom. The molecule has 0 bridgehead atoms. The van der Waals surface area contributed by atoms with E-state index in [-0.39, 0.29) is 18.2 Å². The van der Waals surface area contributed by atoms with Gasteiger partial charge in [-0.25, -0.2) is 0 Å². The number of rotatable bonds is 2. The number of nitrogens with two attached hydrogens (primary N) is 1. The first-order chi connectivity index (χ1) is 7.08. The summed E-state index contributed by atoms with van der Waals surface area (Å²) in [7, 11) is 0. The largest absolute Gasteiger partial charge is 0.383 e. The second-order valence-corrected chi connectivity index (χ2v) is 5.06. The first kappa shape index (κ1) is 13.0. The topological polar surface area (TPSA) is 49.9 Å². The Bertz CT molecular complexity index is 517. The molecule has 3 N–H and O–H groups in total. The number of nitrogens with one attached hydrogen (secondary N) is 1. The van der Waals surface area contributed by atoms with Crippen LogP contribution in [-0.4, -0.2) is 5.84 Å². The number of benzene rings is 1. The number of halogens is 1. The number of hydrogen-bond acceptors (Lipinski definition) is 2. The second kappa shape index (κ2) is 4.85. The summed E-state index contributed by atoms with van der Waals surface area (Å²) in [6, 6.07) is 8.44. The molecular formula is C12H15ClN2S. The third-order valence-electron chi connectivity index (χ3n) is 2.47. The molecule has 0 aliphatic heterocycles. The number of nitrogen functional groups attached to an aromatic ring is 1. The quantitative estimate of drug-likeness (QED) is 0.623. The molecule has 0 saturated heterocycles. The Morgan fingerprint density at radius 3 is 2.56 bits per heavy atom. The maximum absolute atomic E-state index is 7.39. The first-order valence-corrected chi connectivity index (χ1v) is 5.77. The van der Waals surface area contributed by atoms with Crippen LogP contribution in [0, 0.1) is 5.41 Å². The van der Waals surface area contributed by atoms with Crippen molar-refractivity contribution in [3.8, 4) is 0 Å². The smallest absolute Gasteiger partial charge is 0.133 e. The Morgan fingerprint density at radius 2 is 2.00 bits per heavy atom. The molecule has 1 aromatic heterocycles. The monoisotopic (exact) mass is 254 g/mol. The zero-order valence-electron chi connectivity index (χ0n) is 9.28. The van der Waals surface area contributed by atoms with Gasteiger partial charge in [0.25, 0.3) is 0 Å². The Labute approximate surface area is 105 Å². The van der Waals surface area contributed by atoms with Crippen LogP contribution >= 0.6 is 23.7 Å². The highest BCUT2D eigenvalue weighted by molar-refractivity contribution is 7.20. The summed E-state index contributed by atoms with van der Waals surface area (Å²) in [5, 5.41) is 8.59. The van der Waals surface area contributed by atoms with Gasteiger partial charge in [-0.2, -0.15) is 0 Å². The number of hydrogen-bond donors (Lipinski definition) is 2. The van der Waals surface area contributed by atoms with Gasteiger partial charge in [0, 0.05) is 4.70 Å². The lowest BCUT2D eigenvalue weighted by Crippen LogP contribution is -2.08. The molecule has 0 saturated carbocycles. The lowest BCUT2D eigenvalue weighted by Gasteiger charge is -2.03. The van der Waals surface area contributed by atoms with Crippen LogP contribution in [0.3, 0.4) is 0 Å². The van der Waals surface area contributed by atoms with Gasteiger partial charge in [0.05, 0.1) is 4.88 Å². The van der Waals surface area contributed by atoms with Crippen molar-refractivity contribution in [2.75, 3.05) is 0 Å². The first-order valence-electron chi connectivity index (χ1n) is 4.96. The van der Waals surface area contributed by atoms with Crippen molar-refractivity contribution < 1.29 is 0 Å². The van der Waals surface area contributed by atoms with Crippen molar-refractivity contribution in [3.05, 3.63) is 34.7 Å². The fraction of sp³-hybridized carbons (Fsp3) is 0.250. The Balaban J connectivity index is 0.00000128. The van der Waals surface area contributed by atoms with Crippen molar-refractivity contribution in [2.24, 2.45) is 5.73 Å². The SMILES string of the molecule is CC(C)c1ccc2sc(C(=N)N)cc2c1.Cl. The summed E-state index contributed by atoms with van der Waals surface area (Å²) >= 11 is 1.58. The molecule has 0 atom stereocenters. The zero-order valence-corrected chi connectivity index (χ0v) is 10.9. The van der Waals surface area contributed by atoms with E-state index in [1.807, 2.05) is 6.07 Å². The van der Waals surface area contributed by atoms with E-state index in [1.54, 1.807) is 11.3 Å². The van der Waals surface area contributed by atoms with Crippen molar-refractivity contribution in [2.45, 2.75) is 19.8 Å². The standard InChI is InChI=1S/C12H14N2S.ClH/c1-7(2)8-3-4-10-9(5-8)6-11(15-10)12(13)14;/h3-7H,1-2H3,(H3,13,14);1H. The maximum Gasteiger partial charge on any atom is 0.133 e. The Kier molecular flexibility index (Phi) is 3.94. The molecular weight excluding hydrogens is 240 g/mol. The molecule has 86 valence electrons. The lowest BCUT2D eigenvalue weighted by molar-refractivity contribution is 0.869. The summed E-state index contributed by atoms with van der Waals surface area (Å²) in [5.41, 5.74) is 6.80. The molecule has 0 aliphatic carbocycles. The molecule has 16 heavy (non-hydrogen) atoms. The minimum absolute atomic E-state index is 0. The normalized spacial score (nSPS) is 10.4. The van der Waals surface area contributed by atoms with Gasteiger partial charge >= 0.3 is 0 Å². The van der Waals surface area contributed by atoms with Gasteiger partial charge in [-0.1, -0.05) is 26.0 Å². The predicted octanol–water partition coefficient (Wildman–Crippen LogP) is 3.73. The lowest BCUT2D eigenvalue weighted by atomic mass is 10.0. The highest BCUT2D eigenvalue weighted by Gasteiger charge is 2.06. The number of thiophene rings is 1. The predicted molar refractivity (Wildman–Crippen MR) is 74.2 cm³/mol. The van der Waals surface area contributed by atoms with Crippen LogP contribution in [0.5, 0.6) is 0 Å². The van der Waals surface area contributed by atoms with Crippen molar-refractivity contribution in [3.63, 3.8) is 0 Å². The van der Waals surface area contributed by atoms with E-state index in [4.69, 9.17) is 11.1 Å². The zero-order chi connectivity index (χ0) is 11.0. The van der Waals surface area contributed by atoms with Crippen molar-refractivity contribution >= 4 is 39.7 Å². The average Bonchev–Trinajstić information content (AvgIpc) is 2.59. The molecule has 0 unspecified atom stereocenters. The Hall–Kier alpha value is -1.06. The van der Waals surface area contributed by atoms with E-state index in [0.717, 1.165) is 4.88 Å².